The van der Waals surface area contributed by atoms with Crippen LogP contribution in [0.25, 0.3) is 22.4 Å². The Hall–Kier alpha value is -2.23. The summed E-state index contributed by atoms with van der Waals surface area (Å²) < 4.78 is 12.2. The third kappa shape index (κ3) is 3.69. The molecule has 0 radical (unpaired) electrons. The van der Waals surface area contributed by atoms with E-state index in [-0.39, 0.29) is 17.9 Å². The van der Waals surface area contributed by atoms with Crippen LogP contribution in [0.2, 0.25) is 0 Å². The van der Waals surface area contributed by atoms with Gasteiger partial charge in [-0.2, -0.15) is 0 Å². The number of nitrogens with one attached hydrogen (secondary N) is 1. The number of phenols is 1. The lowest BCUT2D eigenvalue weighted by Crippen LogP contribution is -2.36. The number of fused-ring (bicyclic) bond motifs is 1. The average Bonchev–Trinajstić information content (AvgIpc) is 3.31. The first-order chi connectivity index (χ1) is 13.2. The number of nitrogens with zero attached hydrogens (tertiary/aromatic N) is 2. The Morgan fingerprint density at radius 2 is 2.18 bits per heavy atom. The predicted molar refractivity (Wildman–Crippen MR) is 113 cm³/mol. The summed E-state index contributed by atoms with van der Waals surface area (Å²) >= 11 is 2.06. The predicted octanol–water partition coefficient (Wildman–Crippen LogP) is 5.21. The van der Waals surface area contributed by atoms with E-state index in [4.69, 9.17) is 9.15 Å². The molecule has 1 aliphatic heterocycles. The Kier molecular flexibility index (Phi) is 4.76. The van der Waals surface area contributed by atoms with Gasteiger partial charge < -0.3 is 19.2 Å². The van der Waals surface area contributed by atoms with Gasteiger partial charge >= 0.3 is 6.09 Å². The number of aromatic amines is 1. The number of aromatic hydroxyl groups is 1. The van der Waals surface area contributed by atoms with E-state index in [1.54, 1.807) is 23.2 Å². The van der Waals surface area contributed by atoms with Gasteiger partial charge in [0.1, 0.15) is 28.5 Å². The van der Waals surface area contributed by atoms with Crippen LogP contribution in [0.15, 0.2) is 28.8 Å². The number of carbonyl (C=O) groups is 1. The molecule has 1 aliphatic rings. The number of hydrogen-bond donors (Lipinski definition) is 2. The van der Waals surface area contributed by atoms with E-state index in [0.29, 0.717) is 17.9 Å². The molecule has 1 aromatic carbocycles. The summed E-state index contributed by atoms with van der Waals surface area (Å²) in [6, 6.07) is 5.20. The van der Waals surface area contributed by atoms with E-state index >= 15 is 0 Å². The summed E-state index contributed by atoms with van der Waals surface area (Å²) in [5.74, 6) is 1.58. The zero-order valence-corrected chi connectivity index (χ0v) is 18.1. The Bertz CT molecular complexity index is 995. The van der Waals surface area contributed by atoms with Crippen LogP contribution in [0.4, 0.5) is 4.79 Å². The highest BCUT2D eigenvalue weighted by atomic mass is 127. The van der Waals surface area contributed by atoms with Crippen molar-refractivity contribution >= 4 is 39.7 Å². The number of furan rings is 1. The second-order valence-corrected chi connectivity index (χ2v) is 9.13. The van der Waals surface area contributed by atoms with Crippen LogP contribution in [0.5, 0.6) is 5.75 Å². The monoisotopic (exact) mass is 495 g/mol. The number of imidazole rings is 1. The van der Waals surface area contributed by atoms with Gasteiger partial charge in [-0.15, -0.1) is 0 Å². The highest BCUT2D eigenvalue weighted by molar-refractivity contribution is 14.1. The number of benzene rings is 1. The number of halogens is 1. The highest BCUT2D eigenvalue weighted by Gasteiger charge is 2.35. The van der Waals surface area contributed by atoms with Gasteiger partial charge in [0.2, 0.25) is 0 Å². The molecule has 7 nitrogen and oxygen atoms in total. The number of ether oxygens (including phenoxy) is 1. The van der Waals surface area contributed by atoms with Gasteiger partial charge in [0.25, 0.3) is 0 Å². The molecule has 1 saturated heterocycles. The van der Waals surface area contributed by atoms with E-state index < -0.39 is 5.60 Å². The lowest BCUT2D eigenvalue weighted by molar-refractivity contribution is 0.0218. The van der Waals surface area contributed by atoms with Crippen molar-refractivity contribution in [1.29, 1.82) is 0 Å². The third-order valence-electron chi connectivity index (χ3n) is 4.64. The number of rotatable bonds is 2. The molecule has 0 bridgehead atoms. The number of phenolic OH excluding ortho intramolecular Hbond substituents is 1. The Balaban J connectivity index is 1.59. The Morgan fingerprint density at radius 3 is 2.93 bits per heavy atom. The summed E-state index contributed by atoms with van der Waals surface area (Å²) in [5.41, 5.74) is 0.900. The van der Waals surface area contributed by atoms with E-state index in [1.807, 2.05) is 26.8 Å². The summed E-state index contributed by atoms with van der Waals surface area (Å²) in [5, 5.41) is 10.7. The second-order valence-electron chi connectivity index (χ2n) is 7.97. The molecule has 8 heteroatoms. The summed E-state index contributed by atoms with van der Waals surface area (Å²) in [6.07, 6.45) is 3.13. The summed E-state index contributed by atoms with van der Waals surface area (Å²) in [7, 11) is 0. The average molecular weight is 495 g/mol. The smallest absolute Gasteiger partial charge is 0.410 e. The van der Waals surface area contributed by atoms with Gasteiger partial charge in [0.15, 0.2) is 5.76 Å². The molecule has 1 fully saturated rings. The van der Waals surface area contributed by atoms with Crippen LogP contribution in [0.3, 0.4) is 0 Å². The van der Waals surface area contributed by atoms with Crippen LogP contribution in [-0.4, -0.2) is 38.2 Å². The minimum absolute atomic E-state index is 0.141. The van der Waals surface area contributed by atoms with Crippen molar-refractivity contribution in [3.63, 3.8) is 0 Å². The molecule has 28 heavy (non-hydrogen) atoms. The fourth-order valence-electron chi connectivity index (χ4n) is 3.40. The molecule has 3 heterocycles. The first kappa shape index (κ1) is 19.1. The van der Waals surface area contributed by atoms with Crippen LogP contribution >= 0.6 is 22.6 Å². The maximum atomic E-state index is 12.5. The number of carbonyl (C=O) groups excluding carboxylic acids is 1. The number of aromatic nitrogens is 2. The highest BCUT2D eigenvalue weighted by Crippen LogP contribution is 2.35. The van der Waals surface area contributed by atoms with Gasteiger partial charge in [0, 0.05) is 11.9 Å². The zero-order chi connectivity index (χ0) is 20.1. The minimum Gasteiger partial charge on any atom is -0.507 e. The molecular weight excluding hydrogens is 473 g/mol. The van der Waals surface area contributed by atoms with Gasteiger partial charge in [-0.1, -0.05) is 0 Å². The van der Waals surface area contributed by atoms with E-state index in [2.05, 4.69) is 32.6 Å². The minimum atomic E-state index is -0.532. The second kappa shape index (κ2) is 6.98. The van der Waals surface area contributed by atoms with Crippen molar-refractivity contribution in [2.45, 2.75) is 45.3 Å². The standard InChI is InChI=1S/C20H22IN3O4/c1-20(2,3)28-19(26)24-6-4-5-14(24)18-22-10-13(23-18)17-8-11-7-15(25)12(21)9-16(11)27-17/h7-10,14,25H,4-6H2,1-3H3,(H,22,23)/t14-/m0/s1. The van der Waals surface area contributed by atoms with Gasteiger partial charge in [-0.05, 0) is 74.4 Å². The van der Waals surface area contributed by atoms with Crippen LogP contribution in [-0.2, 0) is 4.74 Å². The molecule has 148 valence electrons. The lowest BCUT2D eigenvalue weighted by Gasteiger charge is -2.27. The van der Waals surface area contributed by atoms with Crippen LogP contribution in [0.1, 0.15) is 45.5 Å². The number of H-pyrrole nitrogens is 1. The number of likely N-dealkylation sites (tertiary alicyclic amines) is 1. The fourth-order valence-corrected chi connectivity index (χ4v) is 3.84. The molecule has 2 N–H and O–H groups in total. The van der Waals surface area contributed by atoms with Crippen LogP contribution in [0, 0.1) is 3.57 Å². The maximum absolute atomic E-state index is 12.5. The maximum Gasteiger partial charge on any atom is 0.410 e. The molecule has 2 aromatic heterocycles. The normalized spacial score (nSPS) is 17.4. The van der Waals surface area contributed by atoms with E-state index in [9.17, 15) is 9.90 Å². The van der Waals surface area contributed by atoms with Crippen molar-refractivity contribution in [3.8, 4) is 17.2 Å². The summed E-state index contributed by atoms with van der Waals surface area (Å²) in [4.78, 5) is 22.0. The zero-order valence-electron chi connectivity index (χ0n) is 16.0. The van der Waals surface area contributed by atoms with E-state index in [1.165, 1.54) is 0 Å². The Labute approximate surface area is 176 Å². The third-order valence-corrected chi connectivity index (χ3v) is 5.51. The van der Waals surface area contributed by atoms with E-state index in [0.717, 1.165) is 33.3 Å². The summed E-state index contributed by atoms with van der Waals surface area (Å²) in [6.45, 7) is 6.24. The molecule has 0 aliphatic carbocycles. The quantitative estimate of drug-likeness (QED) is 0.477. The topological polar surface area (TPSA) is 91.6 Å². The van der Waals surface area contributed by atoms with Crippen molar-refractivity contribution in [2.24, 2.45) is 0 Å². The van der Waals surface area contributed by atoms with Crippen molar-refractivity contribution in [2.75, 3.05) is 6.54 Å². The molecular formula is C20H22IN3O4. The molecule has 0 saturated carbocycles. The first-order valence-electron chi connectivity index (χ1n) is 9.18. The lowest BCUT2D eigenvalue weighted by atomic mass is 10.2. The molecule has 3 aromatic rings. The molecule has 0 spiro atoms. The van der Waals surface area contributed by atoms with Crippen molar-refractivity contribution in [3.05, 3.63) is 33.8 Å². The van der Waals surface area contributed by atoms with Crippen molar-refractivity contribution in [1.82, 2.24) is 14.9 Å². The van der Waals surface area contributed by atoms with Crippen LogP contribution < -0.4 is 0 Å². The van der Waals surface area contributed by atoms with Gasteiger partial charge in [-0.3, -0.25) is 4.90 Å². The number of hydrogen-bond acceptors (Lipinski definition) is 5. The SMILES string of the molecule is CC(C)(C)OC(=O)N1CCC[C@H]1c1ncc(-c2cc3cc(O)c(I)cc3o2)[nH]1. The fraction of sp³-hybridized carbons (Fsp3) is 0.400. The molecule has 1 amide bonds. The molecule has 0 unspecified atom stereocenters. The Morgan fingerprint density at radius 1 is 1.39 bits per heavy atom. The molecule has 1 atom stereocenters. The van der Waals surface area contributed by atoms with Gasteiger partial charge in [0.05, 0.1) is 15.8 Å². The van der Waals surface area contributed by atoms with Crippen molar-refractivity contribution < 1.29 is 19.1 Å². The van der Waals surface area contributed by atoms with Gasteiger partial charge in [-0.25, -0.2) is 9.78 Å². The molecule has 4 rings (SSSR count). The largest absolute Gasteiger partial charge is 0.507 e. The number of amides is 1. The first-order valence-corrected chi connectivity index (χ1v) is 10.3.